The van der Waals surface area contributed by atoms with Gasteiger partial charge >= 0.3 is 6.03 Å². The minimum Gasteiger partial charge on any atom is -0.394 e. The van der Waals surface area contributed by atoms with Crippen LogP contribution in [0.25, 0.3) is 11.3 Å². The van der Waals surface area contributed by atoms with E-state index in [1.165, 1.54) is 12.0 Å². The molecule has 1 saturated heterocycles. The molecule has 222 valence electrons. The van der Waals surface area contributed by atoms with Crippen LogP contribution in [0.5, 0.6) is 0 Å². The molecule has 4 rings (SSSR count). The summed E-state index contributed by atoms with van der Waals surface area (Å²) in [5.74, 6) is -1.41. The molecule has 1 aliphatic heterocycles. The summed E-state index contributed by atoms with van der Waals surface area (Å²) in [5.41, 5.74) is 0.00974. The molecule has 8 nitrogen and oxygen atoms in total. The second-order valence-corrected chi connectivity index (χ2v) is 11.1. The highest BCUT2D eigenvalue weighted by atomic mass is 19.1. The van der Waals surface area contributed by atoms with Crippen molar-refractivity contribution in [1.82, 2.24) is 25.1 Å². The average Bonchev–Trinajstić information content (AvgIpc) is 3.55. The maximum absolute atomic E-state index is 14.9. The van der Waals surface area contributed by atoms with E-state index in [4.69, 9.17) is 9.72 Å². The fraction of sp³-hybridized carbons (Fsp3) is 0.467. The van der Waals surface area contributed by atoms with Crippen LogP contribution in [0.2, 0.25) is 0 Å². The fourth-order valence-corrected chi connectivity index (χ4v) is 5.09. The Morgan fingerprint density at radius 3 is 2.61 bits per heavy atom. The number of nitrogens with one attached hydrogen (secondary N) is 2. The van der Waals surface area contributed by atoms with Crippen molar-refractivity contribution in [3.8, 4) is 11.3 Å². The number of aliphatic hydroxyl groups excluding tert-OH is 1. The van der Waals surface area contributed by atoms with Gasteiger partial charge in [0.25, 0.3) is 0 Å². The number of carbonyl (C=O) groups excluding carboxylic acids is 1. The molecule has 2 aromatic carbocycles. The van der Waals surface area contributed by atoms with E-state index in [0.29, 0.717) is 18.9 Å². The van der Waals surface area contributed by atoms with E-state index < -0.39 is 47.4 Å². The van der Waals surface area contributed by atoms with Gasteiger partial charge in [0.2, 0.25) is 0 Å². The molecule has 3 N–H and O–H groups in total. The summed E-state index contributed by atoms with van der Waals surface area (Å²) in [4.78, 5) is 20.1. The van der Waals surface area contributed by atoms with Crippen molar-refractivity contribution in [3.63, 3.8) is 0 Å². The minimum atomic E-state index is -1.17. The van der Waals surface area contributed by atoms with Gasteiger partial charge in [0.05, 0.1) is 23.9 Å². The lowest BCUT2D eigenvalue weighted by molar-refractivity contribution is -0.0511. The summed E-state index contributed by atoms with van der Waals surface area (Å²) in [5, 5.41) is 15.4. The number of imidazole rings is 1. The highest BCUT2D eigenvalue weighted by Gasteiger charge is 2.44. The number of methoxy groups -OCH3 is 1. The average molecular weight is 574 g/mol. The Morgan fingerprint density at radius 2 is 1.98 bits per heavy atom. The number of nitrogens with zero attached hydrogens (tertiary/aromatic N) is 3. The summed E-state index contributed by atoms with van der Waals surface area (Å²) in [7, 11) is 1.51. The number of halogens is 3. The predicted molar refractivity (Wildman–Crippen MR) is 150 cm³/mol. The molecule has 1 unspecified atom stereocenters. The van der Waals surface area contributed by atoms with Crippen LogP contribution >= 0.6 is 0 Å². The van der Waals surface area contributed by atoms with Crippen LogP contribution in [0, 0.1) is 17.6 Å². The van der Waals surface area contributed by atoms with Crippen molar-refractivity contribution in [1.29, 1.82) is 0 Å². The number of hydrogen-bond acceptors (Lipinski definition) is 5. The van der Waals surface area contributed by atoms with Crippen molar-refractivity contribution in [2.24, 2.45) is 5.92 Å². The second kappa shape index (κ2) is 13.1. The Kier molecular flexibility index (Phi) is 9.72. The Labute approximate surface area is 238 Å². The number of ether oxygens (including phenoxy) is 1. The lowest BCUT2D eigenvalue weighted by Gasteiger charge is -2.42. The maximum Gasteiger partial charge on any atom is 0.318 e. The first-order valence-electron chi connectivity index (χ1n) is 13.7. The highest BCUT2D eigenvalue weighted by molar-refractivity contribution is 5.75. The third-order valence-electron chi connectivity index (χ3n) is 7.54. The molecule has 4 atom stereocenters. The molecule has 41 heavy (non-hydrogen) atoms. The van der Waals surface area contributed by atoms with E-state index in [9.17, 15) is 23.1 Å². The van der Waals surface area contributed by atoms with Crippen LogP contribution in [0.15, 0.2) is 54.7 Å². The number of amides is 2. The molecule has 2 amide bonds. The molecule has 1 aliphatic rings. The van der Waals surface area contributed by atoms with Gasteiger partial charge in [-0.05, 0) is 44.5 Å². The lowest BCUT2D eigenvalue weighted by Crippen LogP contribution is -2.54. The van der Waals surface area contributed by atoms with Crippen LogP contribution in [-0.4, -0.2) is 76.8 Å². The van der Waals surface area contributed by atoms with Crippen LogP contribution in [0.1, 0.15) is 38.2 Å². The first-order valence-corrected chi connectivity index (χ1v) is 13.7. The first kappa shape index (κ1) is 30.5. The molecule has 0 saturated carbocycles. The van der Waals surface area contributed by atoms with E-state index in [2.05, 4.69) is 10.6 Å². The summed E-state index contributed by atoms with van der Waals surface area (Å²) in [6, 6.07) is 10.7. The number of aromatic nitrogens is 2. The topological polar surface area (TPSA) is 91.7 Å². The Morgan fingerprint density at radius 1 is 1.24 bits per heavy atom. The number of hydrogen-bond donors (Lipinski definition) is 3. The van der Waals surface area contributed by atoms with E-state index in [1.807, 2.05) is 30.3 Å². The molecular weight excluding hydrogens is 535 g/mol. The van der Waals surface area contributed by atoms with Crippen molar-refractivity contribution in [2.45, 2.75) is 51.2 Å². The van der Waals surface area contributed by atoms with Crippen molar-refractivity contribution in [3.05, 3.63) is 77.8 Å². The van der Waals surface area contributed by atoms with Gasteiger partial charge in [0, 0.05) is 51.0 Å². The fourth-order valence-electron chi connectivity index (χ4n) is 5.09. The van der Waals surface area contributed by atoms with Crippen molar-refractivity contribution < 1.29 is 27.8 Å². The maximum atomic E-state index is 14.9. The van der Waals surface area contributed by atoms with Gasteiger partial charge < -0.3 is 29.9 Å². The Bertz CT molecular complexity index is 1320. The molecule has 1 fully saturated rings. The van der Waals surface area contributed by atoms with E-state index in [-0.39, 0.29) is 31.0 Å². The summed E-state index contributed by atoms with van der Waals surface area (Å²) < 4.78 is 51.7. The zero-order valence-electron chi connectivity index (χ0n) is 23.8. The SMILES string of the molecule is COC(C)(C)C(c1nc(-c2cc(F)ccc2F)cn1Cc1ccccc1)N(C[C@@H]1CNC[C@@H]1F)C(=O)N[C@@H](C)CO. The zero-order valence-corrected chi connectivity index (χ0v) is 23.8. The van der Waals surface area contributed by atoms with Crippen LogP contribution < -0.4 is 10.6 Å². The van der Waals surface area contributed by atoms with Crippen LogP contribution in [0.4, 0.5) is 18.0 Å². The quantitative estimate of drug-likeness (QED) is 0.318. The van der Waals surface area contributed by atoms with E-state index >= 15 is 0 Å². The van der Waals surface area contributed by atoms with Gasteiger partial charge in [-0.25, -0.2) is 22.9 Å². The number of rotatable bonds is 11. The lowest BCUT2D eigenvalue weighted by atomic mass is 9.94. The van der Waals surface area contributed by atoms with Crippen molar-refractivity contribution >= 4 is 6.03 Å². The minimum absolute atomic E-state index is 0.0253. The smallest absolute Gasteiger partial charge is 0.318 e. The van der Waals surface area contributed by atoms with Gasteiger partial charge in [-0.3, -0.25) is 0 Å². The number of urea groups is 1. The number of benzene rings is 2. The van der Waals surface area contributed by atoms with Crippen LogP contribution in [-0.2, 0) is 11.3 Å². The highest BCUT2D eigenvalue weighted by Crippen LogP contribution is 2.37. The molecule has 0 aliphatic carbocycles. The predicted octanol–water partition coefficient (Wildman–Crippen LogP) is 4.29. The summed E-state index contributed by atoms with van der Waals surface area (Å²) >= 11 is 0. The molecule has 1 aromatic heterocycles. The monoisotopic (exact) mass is 573 g/mol. The van der Waals surface area contributed by atoms with Gasteiger partial charge in [0.15, 0.2) is 0 Å². The second-order valence-electron chi connectivity index (χ2n) is 11.1. The van der Waals surface area contributed by atoms with Gasteiger partial charge in [0.1, 0.15) is 29.7 Å². The van der Waals surface area contributed by atoms with Crippen molar-refractivity contribution in [2.75, 3.05) is 33.4 Å². The molecular formula is C30H38F3N5O3. The van der Waals surface area contributed by atoms with Crippen LogP contribution in [0.3, 0.4) is 0 Å². The largest absolute Gasteiger partial charge is 0.394 e. The number of carbonyl (C=O) groups is 1. The molecule has 2 heterocycles. The third-order valence-corrected chi connectivity index (χ3v) is 7.54. The molecule has 3 aromatic rings. The number of alkyl halides is 1. The van der Waals surface area contributed by atoms with E-state index in [0.717, 1.165) is 23.8 Å². The third kappa shape index (κ3) is 7.09. The normalized spacial score (nSPS) is 18.7. The summed E-state index contributed by atoms with van der Waals surface area (Å²) in [6.45, 7) is 5.83. The van der Waals surface area contributed by atoms with Gasteiger partial charge in [-0.1, -0.05) is 30.3 Å². The molecule has 0 radical (unpaired) electrons. The van der Waals surface area contributed by atoms with Gasteiger partial charge in [-0.15, -0.1) is 0 Å². The molecule has 0 spiro atoms. The molecule has 0 bridgehead atoms. The Balaban J connectivity index is 1.90. The first-order chi connectivity index (χ1) is 19.5. The zero-order chi connectivity index (χ0) is 29.7. The van der Waals surface area contributed by atoms with E-state index in [1.54, 1.807) is 31.5 Å². The number of aliphatic hydroxyl groups is 1. The standard InChI is InChI=1S/C30H38F3N5O3/c1-19(18-39)35-29(40)38(16-21-13-34-14-25(21)33)27(30(2,3)41-4)28-36-26(23-12-22(31)10-11-24(23)32)17-37(28)15-20-8-6-5-7-9-20/h5-12,17,19,21,25,27,34,39H,13-16,18H2,1-4H3,(H,35,40)/t19-,21-,25-,27?/m0/s1. The Hall–Kier alpha value is -3.41. The van der Waals surface area contributed by atoms with Gasteiger partial charge in [-0.2, -0.15) is 0 Å². The molecule has 11 heteroatoms. The summed E-state index contributed by atoms with van der Waals surface area (Å²) in [6.07, 6.45) is 0.452.